The molecule has 0 amide bonds. The van der Waals surface area contributed by atoms with Crippen LogP contribution >= 0.6 is 0 Å². The number of aryl methyl sites for hydroxylation is 2. The number of aromatic nitrogens is 2. The predicted molar refractivity (Wildman–Crippen MR) is 118 cm³/mol. The Morgan fingerprint density at radius 3 is 2.48 bits per heavy atom. The summed E-state index contributed by atoms with van der Waals surface area (Å²) in [7, 11) is 2.07. The van der Waals surface area contributed by atoms with Gasteiger partial charge in [-0.3, -0.25) is 4.98 Å². The summed E-state index contributed by atoms with van der Waals surface area (Å²) in [6.45, 7) is 2.14. The van der Waals surface area contributed by atoms with E-state index in [1.807, 2.05) is 18.3 Å². The monoisotopic (exact) mass is 375 g/mol. The van der Waals surface area contributed by atoms with Gasteiger partial charge in [-0.05, 0) is 36.1 Å². The lowest BCUT2D eigenvalue weighted by Gasteiger charge is -2.04. The van der Waals surface area contributed by atoms with Gasteiger partial charge in [0.1, 0.15) is 18.2 Å². The third-order valence-corrected chi connectivity index (χ3v) is 5.88. The Morgan fingerprint density at radius 2 is 1.59 bits per heavy atom. The first-order valence-electron chi connectivity index (χ1n) is 9.80. The van der Waals surface area contributed by atoms with Gasteiger partial charge in [0.2, 0.25) is 5.69 Å². The lowest BCUT2D eigenvalue weighted by Crippen LogP contribution is -2.30. The molecule has 0 aliphatic rings. The average molecular weight is 375 g/mol. The number of nitrogens with zero attached hydrogens (tertiary/aromatic N) is 2. The zero-order valence-corrected chi connectivity index (χ0v) is 16.3. The molecule has 29 heavy (non-hydrogen) atoms. The topological polar surface area (TPSA) is 29.9 Å². The molecule has 0 N–H and O–H groups in total. The lowest BCUT2D eigenvalue weighted by atomic mass is 9.99. The third kappa shape index (κ3) is 2.24. The van der Waals surface area contributed by atoms with Gasteiger partial charge >= 0.3 is 0 Å². The largest absolute Gasteiger partial charge is 0.454 e. The van der Waals surface area contributed by atoms with Crippen LogP contribution in [0, 0.1) is 6.92 Å². The van der Waals surface area contributed by atoms with Crippen molar-refractivity contribution in [2.75, 3.05) is 0 Å². The summed E-state index contributed by atoms with van der Waals surface area (Å²) in [6, 6.07) is 23.3. The fraction of sp³-hybridized carbons (Fsp3) is 0.0769. The van der Waals surface area contributed by atoms with Crippen molar-refractivity contribution in [3.8, 4) is 11.3 Å². The van der Waals surface area contributed by atoms with Crippen LogP contribution in [0.1, 0.15) is 5.56 Å². The molecule has 3 aromatic carbocycles. The van der Waals surface area contributed by atoms with Crippen molar-refractivity contribution in [3.05, 3.63) is 84.7 Å². The maximum absolute atomic E-state index is 6.64. The molecule has 0 fully saturated rings. The summed E-state index contributed by atoms with van der Waals surface area (Å²) in [6.07, 6.45) is 3.92. The van der Waals surface area contributed by atoms with Crippen molar-refractivity contribution in [3.63, 3.8) is 0 Å². The molecule has 0 aliphatic carbocycles. The van der Waals surface area contributed by atoms with Crippen molar-refractivity contribution in [2.24, 2.45) is 7.05 Å². The Kier molecular flexibility index (Phi) is 3.30. The molecule has 138 valence electrons. The molecule has 0 saturated carbocycles. The van der Waals surface area contributed by atoms with Crippen LogP contribution in [0.15, 0.2) is 83.5 Å². The third-order valence-electron chi connectivity index (χ3n) is 5.88. The minimum atomic E-state index is 0.909. The number of hydrogen-bond donors (Lipinski definition) is 0. The van der Waals surface area contributed by atoms with Gasteiger partial charge in [0.25, 0.3) is 0 Å². The van der Waals surface area contributed by atoms with Crippen molar-refractivity contribution >= 4 is 43.6 Å². The highest BCUT2D eigenvalue weighted by atomic mass is 16.3. The van der Waals surface area contributed by atoms with Crippen LogP contribution in [-0.4, -0.2) is 4.98 Å². The number of rotatable bonds is 1. The smallest absolute Gasteiger partial charge is 0.216 e. The summed E-state index contributed by atoms with van der Waals surface area (Å²) in [4.78, 5) is 4.68. The van der Waals surface area contributed by atoms with Crippen LogP contribution in [0.25, 0.3) is 54.9 Å². The first kappa shape index (κ1) is 16.3. The second-order valence-corrected chi connectivity index (χ2v) is 7.61. The first-order chi connectivity index (χ1) is 14.2. The molecular weight excluding hydrogens is 356 g/mol. The van der Waals surface area contributed by atoms with Gasteiger partial charge in [0.15, 0.2) is 6.20 Å². The van der Waals surface area contributed by atoms with E-state index in [-0.39, 0.29) is 0 Å². The zero-order chi connectivity index (χ0) is 19.5. The van der Waals surface area contributed by atoms with Gasteiger partial charge in [0, 0.05) is 34.5 Å². The standard InChI is InChI=1S/C26H19N2O/c1-16-8-12-19-20-13-11-17-9-10-18-6-5-14-27-24(18)23(17)26(20)29-25(19)22(16)21-7-3-4-15-28(21)2/h3-15H,1-2H3/q+1. The molecule has 3 aromatic heterocycles. The number of pyridine rings is 2. The Hall–Kier alpha value is -3.72. The number of benzene rings is 3. The van der Waals surface area contributed by atoms with E-state index in [2.05, 4.69) is 84.3 Å². The summed E-state index contributed by atoms with van der Waals surface area (Å²) in [5, 5.41) is 5.62. The van der Waals surface area contributed by atoms with Crippen LogP contribution in [0.4, 0.5) is 0 Å². The van der Waals surface area contributed by atoms with Gasteiger partial charge in [0.05, 0.1) is 16.5 Å². The Balaban J connectivity index is 1.83. The minimum absolute atomic E-state index is 0.909. The van der Waals surface area contributed by atoms with E-state index in [0.717, 1.165) is 54.9 Å². The van der Waals surface area contributed by atoms with E-state index < -0.39 is 0 Å². The second kappa shape index (κ2) is 5.89. The van der Waals surface area contributed by atoms with Gasteiger partial charge in [-0.15, -0.1) is 0 Å². The molecule has 0 atom stereocenters. The van der Waals surface area contributed by atoms with Crippen LogP contribution in [0.2, 0.25) is 0 Å². The Bertz CT molecular complexity index is 1580. The van der Waals surface area contributed by atoms with E-state index >= 15 is 0 Å². The van der Waals surface area contributed by atoms with Gasteiger partial charge < -0.3 is 4.42 Å². The maximum Gasteiger partial charge on any atom is 0.216 e. The molecule has 0 aliphatic heterocycles. The van der Waals surface area contributed by atoms with E-state index in [9.17, 15) is 0 Å². The van der Waals surface area contributed by atoms with Crippen LogP contribution < -0.4 is 4.57 Å². The van der Waals surface area contributed by atoms with E-state index in [1.54, 1.807) is 0 Å². The van der Waals surface area contributed by atoms with Crippen molar-refractivity contribution in [1.82, 2.24) is 4.98 Å². The molecule has 6 rings (SSSR count). The zero-order valence-electron chi connectivity index (χ0n) is 16.3. The fourth-order valence-corrected chi connectivity index (χ4v) is 4.44. The van der Waals surface area contributed by atoms with Crippen molar-refractivity contribution in [2.45, 2.75) is 6.92 Å². The Morgan fingerprint density at radius 1 is 0.793 bits per heavy atom. The van der Waals surface area contributed by atoms with Crippen LogP contribution in [0.5, 0.6) is 0 Å². The summed E-state index contributed by atoms with van der Waals surface area (Å²) in [5.41, 5.74) is 6.31. The van der Waals surface area contributed by atoms with Crippen molar-refractivity contribution in [1.29, 1.82) is 0 Å². The average Bonchev–Trinajstić information content (AvgIpc) is 3.13. The molecule has 3 heteroatoms. The highest BCUT2D eigenvalue weighted by molar-refractivity contribution is 6.23. The number of fused-ring (bicyclic) bond motifs is 7. The summed E-state index contributed by atoms with van der Waals surface area (Å²) < 4.78 is 8.78. The molecule has 0 unspecified atom stereocenters. The van der Waals surface area contributed by atoms with E-state index in [1.165, 1.54) is 5.56 Å². The molecule has 0 radical (unpaired) electrons. The van der Waals surface area contributed by atoms with Gasteiger partial charge in [-0.1, -0.05) is 36.4 Å². The van der Waals surface area contributed by atoms with E-state index in [4.69, 9.17) is 4.42 Å². The molecular formula is C26H19N2O+. The molecule has 0 saturated heterocycles. The van der Waals surface area contributed by atoms with Crippen molar-refractivity contribution < 1.29 is 8.98 Å². The molecule has 0 bridgehead atoms. The quantitative estimate of drug-likeness (QED) is 0.257. The van der Waals surface area contributed by atoms with Gasteiger partial charge in [-0.25, -0.2) is 4.57 Å². The first-order valence-corrected chi connectivity index (χ1v) is 9.80. The van der Waals surface area contributed by atoms with Crippen LogP contribution in [0.3, 0.4) is 0 Å². The van der Waals surface area contributed by atoms with Gasteiger partial charge in [-0.2, -0.15) is 0 Å². The highest BCUT2D eigenvalue weighted by Gasteiger charge is 2.21. The Labute approximate surface area is 167 Å². The van der Waals surface area contributed by atoms with E-state index in [0.29, 0.717) is 0 Å². The minimum Gasteiger partial charge on any atom is -0.454 e. The highest BCUT2D eigenvalue weighted by Crippen LogP contribution is 2.40. The summed E-state index contributed by atoms with van der Waals surface area (Å²) in [5.74, 6) is 0. The maximum atomic E-state index is 6.64. The summed E-state index contributed by atoms with van der Waals surface area (Å²) >= 11 is 0. The SMILES string of the molecule is Cc1ccc2c(oc3c2ccc2ccc4cccnc4c23)c1-c1cccc[n+]1C. The molecule has 3 heterocycles. The molecule has 0 spiro atoms. The normalized spacial score (nSPS) is 11.8. The number of furan rings is 1. The molecule has 6 aromatic rings. The number of hydrogen-bond acceptors (Lipinski definition) is 2. The predicted octanol–water partition coefficient (Wildman–Crippen LogP) is 6.09. The lowest BCUT2D eigenvalue weighted by molar-refractivity contribution is -0.660. The molecule has 3 nitrogen and oxygen atoms in total. The fourth-order valence-electron chi connectivity index (χ4n) is 4.44. The van der Waals surface area contributed by atoms with Crippen LogP contribution in [-0.2, 0) is 7.05 Å². The second-order valence-electron chi connectivity index (χ2n) is 7.61.